The molecule has 1 aromatic carbocycles. The van der Waals surface area contributed by atoms with Gasteiger partial charge in [0.15, 0.2) is 0 Å². The third-order valence-electron chi connectivity index (χ3n) is 5.47. The van der Waals surface area contributed by atoms with Crippen LogP contribution in [0.5, 0.6) is 0 Å². The fourth-order valence-corrected chi connectivity index (χ4v) is 3.91. The fraction of sp³-hybridized carbons (Fsp3) is 0.318. The topological polar surface area (TPSA) is 97.2 Å². The van der Waals surface area contributed by atoms with Crippen molar-refractivity contribution in [1.29, 1.82) is 0 Å². The molecule has 0 spiro atoms. The van der Waals surface area contributed by atoms with Gasteiger partial charge in [0.1, 0.15) is 18.2 Å². The lowest BCUT2D eigenvalue weighted by atomic mass is 9.97. The molecular formula is C22H22ClN5O3. The maximum Gasteiger partial charge on any atom is 0.261 e. The molecule has 160 valence electrons. The first kappa shape index (κ1) is 21.0. The number of anilines is 1. The molecule has 0 saturated carbocycles. The number of para-hydroxylation sites is 1. The molecule has 3 heterocycles. The molecule has 0 aliphatic carbocycles. The lowest BCUT2D eigenvalue weighted by Gasteiger charge is -2.32. The molecule has 4 rings (SSSR count). The summed E-state index contributed by atoms with van der Waals surface area (Å²) in [6.45, 7) is 2.46. The molecule has 1 fully saturated rings. The summed E-state index contributed by atoms with van der Waals surface area (Å²) in [4.78, 5) is 48.6. The van der Waals surface area contributed by atoms with E-state index in [1.807, 2.05) is 6.07 Å². The number of benzene rings is 1. The highest BCUT2D eigenvalue weighted by atomic mass is 35.5. The average molecular weight is 440 g/mol. The fourth-order valence-electron chi connectivity index (χ4n) is 3.80. The normalized spacial score (nSPS) is 16.3. The Bertz CT molecular complexity index is 1190. The first-order valence-electron chi connectivity index (χ1n) is 10.1. The molecule has 1 saturated heterocycles. The minimum absolute atomic E-state index is 0.102. The Balaban J connectivity index is 1.45. The number of nitrogens with zero attached hydrogens (tertiary/aromatic N) is 4. The van der Waals surface area contributed by atoms with E-state index in [9.17, 15) is 14.4 Å². The molecule has 1 aliphatic heterocycles. The van der Waals surface area contributed by atoms with E-state index in [2.05, 4.69) is 15.3 Å². The molecule has 2 amide bonds. The SMILES string of the molecule is Cc1nc2ccccc2c(=O)n1CC(=O)N1CCCC(C(=O)Nc2ccc(Cl)cn2)C1. The summed E-state index contributed by atoms with van der Waals surface area (Å²) >= 11 is 5.82. The van der Waals surface area contributed by atoms with Crippen LogP contribution in [-0.2, 0) is 16.1 Å². The van der Waals surface area contributed by atoms with Gasteiger partial charge in [-0.2, -0.15) is 0 Å². The number of rotatable bonds is 4. The highest BCUT2D eigenvalue weighted by molar-refractivity contribution is 6.30. The molecule has 2 aromatic heterocycles. The van der Waals surface area contributed by atoms with E-state index < -0.39 is 0 Å². The van der Waals surface area contributed by atoms with E-state index in [0.29, 0.717) is 53.5 Å². The largest absolute Gasteiger partial charge is 0.340 e. The number of aryl methyl sites for hydroxylation is 1. The van der Waals surface area contributed by atoms with Crippen molar-refractivity contribution in [1.82, 2.24) is 19.4 Å². The Labute approximate surface area is 183 Å². The second-order valence-electron chi connectivity index (χ2n) is 7.60. The van der Waals surface area contributed by atoms with Crippen molar-refractivity contribution in [3.05, 3.63) is 63.8 Å². The zero-order valence-electron chi connectivity index (χ0n) is 17.0. The quantitative estimate of drug-likeness (QED) is 0.674. The summed E-state index contributed by atoms with van der Waals surface area (Å²) in [7, 11) is 0. The Morgan fingerprint density at radius 2 is 2.03 bits per heavy atom. The number of likely N-dealkylation sites (tertiary alicyclic amines) is 1. The van der Waals surface area contributed by atoms with Gasteiger partial charge in [0.25, 0.3) is 5.56 Å². The summed E-state index contributed by atoms with van der Waals surface area (Å²) in [6.07, 6.45) is 2.85. The molecule has 1 unspecified atom stereocenters. The molecule has 8 nitrogen and oxygen atoms in total. The van der Waals surface area contributed by atoms with Crippen LogP contribution in [0.2, 0.25) is 5.02 Å². The first-order valence-corrected chi connectivity index (χ1v) is 10.5. The van der Waals surface area contributed by atoms with Gasteiger partial charge in [-0.25, -0.2) is 9.97 Å². The van der Waals surface area contributed by atoms with Gasteiger partial charge in [0.05, 0.1) is 21.8 Å². The van der Waals surface area contributed by atoms with Crippen LogP contribution in [0.1, 0.15) is 18.7 Å². The minimum Gasteiger partial charge on any atom is -0.340 e. The van der Waals surface area contributed by atoms with Crippen LogP contribution in [0, 0.1) is 12.8 Å². The predicted octanol–water partition coefficient (Wildman–Crippen LogP) is 2.63. The minimum atomic E-state index is -0.345. The molecule has 1 aliphatic rings. The smallest absolute Gasteiger partial charge is 0.261 e. The van der Waals surface area contributed by atoms with Crippen LogP contribution < -0.4 is 10.9 Å². The van der Waals surface area contributed by atoms with Crippen LogP contribution in [0.25, 0.3) is 10.9 Å². The first-order chi connectivity index (χ1) is 14.9. The van der Waals surface area contributed by atoms with E-state index in [-0.39, 0.29) is 29.8 Å². The number of halogens is 1. The monoisotopic (exact) mass is 439 g/mol. The molecule has 0 radical (unpaired) electrons. The Kier molecular flexibility index (Phi) is 5.99. The average Bonchev–Trinajstić information content (AvgIpc) is 2.78. The van der Waals surface area contributed by atoms with Gasteiger partial charge in [0.2, 0.25) is 11.8 Å². The zero-order chi connectivity index (χ0) is 22.0. The van der Waals surface area contributed by atoms with E-state index in [0.717, 1.165) is 0 Å². The summed E-state index contributed by atoms with van der Waals surface area (Å²) in [5, 5.41) is 3.74. The van der Waals surface area contributed by atoms with Gasteiger partial charge >= 0.3 is 0 Å². The summed E-state index contributed by atoms with van der Waals surface area (Å²) in [5.41, 5.74) is 0.371. The molecular weight excluding hydrogens is 418 g/mol. The van der Waals surface area contributed by atoms with Crippen LogP contribution in [0.3, 0.4) is 0 Å². The second kappa shape index (κ2) is 8.85. The Morgan fingerprint density at radius 1 is 1.23 bits per heavy atom. The number of nitrogens with one attached hydrogen (secondary N) is 1. The van der Waals surface area contributed by atoms with E-state index in [1.165, 1.54) is 10.8 Å². The van der Waals surface area contributed by atoms with Crippen LogP contribution in [0.4, 0.5) is 5.82 Å². The van der Waals surface area contributed by atoms with Crippen LogP contribution >= 0.6 is 11.6 Å². The molecule has 9 heteroatoms. The highest BCUT2D eigenvalue weighted by Gasteiger charge is 2.29. The highest BCUT2D eigenvalue weighted by Crippen LogP contribution is 2.19. The lowest BCUT2D eigenvalue weighted by molar-refractivity contribution is -0.135. The van der Waals surface area contributed by atoms with Crippen LogP contribution in [0.15, 0.2) is 47.4 Å². The molecule has 1 atom stereocenters. The van der Waals surface area contributed by atoms with Gasteiger partial charge < -0.3 is 10.2 Å². The number of carbonyl (C=O) groups is 2. The number of hydrogen-bond donors (Lipinski definition) is 1. The van der Waals surface area contributed by atoms with Crippen LogP contribution in [-0.4, -0.2) is 44.3 Å². The number of pyridine rings is 1. The van der Waals surface area contributed by atoms with Gasteiger partial charge in [-0.15, -0.1) is 0 Å². The summed E-state index contributed by atoms with van der Waals surface area (Å²) in [5.74, 6) is 0.166. The number of hydrogen-bond acceptors (Lipinski definition) is 5. The van der Waals surface area contributed by atoms with Gasteiger partial charge in [0, 0.05) is 19.3 Å². The number of amides is 2. The molecule has 1 N–H and O–H groups in total. The van der Waals surface area contributed by atoms with Crippen molar-refractivity contribution >= 4 is 40.1 Å². The predicted molar refractivity (Wildman–Crippen MR) is 118 cm³/mol. The van der Waals surface area contributed by atoms with Gasteiger partial charge in [-0.05, 0) is 44.0 Å². The van der Waals surface area contributed by atoms with Crippen molar-refractivity contribution in [2.24, 2.45) is 5.92 Å². The second-order valence-corrected chi connectivity index (χ2v) is 8.03. The molecule has 0 bridgehead atoms. The summed E-state index contributed by atoms with van der Waals surface area (Å²) in [6, 6.07) is 10.4. The molecule has 3 aromatic rings. The number of aromatic nitrogens is 3. The van der Waals surface area contributed by atoms with Crippen molar-refractivity contribution in [3.8, 4) is 0 Å². The Hall–Kier alpha value is -3.26. The van der Waals surface area contributed by atoms with Gasteiger partial charge in [-0.1, -0.05) is 23.7 Å². The van der Waals surface area contributed by atoms with Gasteiger partial charge in [-0.3, -0.25) is 19.0 Å². The number of fused-ring (bicyclic) bond motifs is 1. The standard InChI is InChI=1S/C22H22ClN5O3/c1-14-25-18-7-3-2-6-17(18)22(31)28(14)13-20(29)27-10-4-5-15(12-27)21(30)26-19-9-8-16(23)11-24-19/h2-3,6-9,11,15H,4-5,10,12-13H2,1H3,(H,24,26,30). The third-order valence-corrected chi connectivity index (χ3v) is 5.69. The maximum atomic E-state index is 13.0. The molecule has 31 heavy (non-hydrogen) atoms. The number of piperidine rings is 1. The van der Waals surface area contributed by atoms with E-state index in [4.69, 9.17) is 11.6 Å². The summed E-state index contributed by atoms with van der Waals surface area (Å²) < 4.78 is 1.39. The van der Waals surface area contributed by atoms with Crippen molar-refractivity contribution in [2.75, 3.05) is 18.4 Å². The third kappa shape index (κ3) is 4.59. The van der Waals surface area contributed by atoms with Crippen molar-refractivity contribution < 1.29 is 9.59 Å². The maximum absolute atomic E-state index is 13.0. The lowest BCUT2D eigenvalue weighted by Crippen LogP contribution is -2.46. The van der Waals surface area contributed by atoms with E-state index in [1.54, 1.807) is 42.2 Å². The van der Waals surface area contributed by atoms with Crippen molar-refractivity contribution in [3.63, 3.8) is 0 Å². The Morgan fingerprint density at radius 3 is 2.81 bits per heavy atom. The van der Waals surface area contributed by atoms with E-state index >= 15 is 0 Å². The number of carbonyl (C=O) groups excluding carboxylic acids is 2. The van der Waals surface area contributed by atoms with Crippen molar-refractivity contribution in [2.45, 2.75) is 26.3 Å². The zero-order valence-corrected chi connectivity index (χ0v) is 17.8.